The molecular weight excluding hydrogens is 360 g/mol. The van der Waals surface area contributed by atoms with Crippen LogP contribution in [0.2, 0.25) is 0 Å². The number of hydrogen-bond acceptors (Lipinski definition) is 6. The van der Waals surface area contributed by atoms with Crippen molar-refractivity contribution in [3.63, 3.8) is 0 Å². The van der Waals surface area contributed by atoms with Crippen molar-refractivity contribution in [2.75, 3.05) is 12.4 Å². The summed E-state index contributed by atoms with van der Waals surface area (Å²) in [7, 11) is 1.36. The van der Waals surface area contributed by atoms with Crippen LogP contribution in [-0.2, 0) is 4.79 Å². The molecule has 1 amide bonds. The molecule has 8 heteroatoms. The van der Waals surface area contributed by atoms with E-state index in [0.29, 0.717) is 5.92 Å². The Labute approximate surface area is 163 Å². The van der Waals surface area contributed by atoms with Gasteiger partial charge < -0.3 is 15.4 Å². The molecule has 0 aliphatic heterocycles. The summed E-state index contributed by atoms with van der Waals surface area (Å²) in [6.45, 7) is 2.09. The van der Waals surface area contributed by atoms with Crippen molar-refractivity contribution >= 4 is 17.3 Å². The van der Waals surface area contributed by atoms with Crippen LogP contribution in [0, 0.1) is 39.2 Å². The van der Waals surface area contributed by atoms with Gasteiger partial charge in [-0.1, -0.05) is 6.42 Å². The fourth-order valence-corrected chi connectivity index (χ4v) is 4.48. The van der Waals surface area contributed by atoms with Crippen LogP contribution in [0.5, 0.6) is 5.75 Å². The second-order valence-corrected chi connectivity index (χ2v) is 7.56. The molecule has 1 aromatic carbocycles. The van der Waals surface area contributed by atoms with Gasteiger partial charge in [0.15, 0.2) is 0 Å². The summed E-state index contributed by atoms with van der Waals surface area (Å²) in [5.74, 6) is 1.71. The average molecular weight is 384 g/mol. The lowest BCUT2D eigenvalue weighted by molar-refractivity contribution is -0.384. The van der Waals surface area contributed by atoms with E-state index in [9.17, 15) is 20.2 Å². The number of fused-ring (bicyclic) bond motifs is 2. The minimum Gasteiger partial charge on any atom is -0.494 e. The molecule has 2 fully saturated rings. The second-order valence-electron chi connectivity index (χ2n) is 7.56. The van der Waals surface area contributed by atoms with Gasteiger partial charge in [0.05, 0.1) is 23.8 Å². The predicted molar refractivity (Wildman–Crippen MR) is 104 cm³/mol. The molecule has 28 heavy (non-hydrogen) atoms. The lowest BCUT2D eigenvalue weighted by atomic mass is 9.84. The van der Waals surface area contributed by atoms with Gasteiger partial charge in [-0.3, -0.25) is 14.9 Å². The molecule has 2 bridgehead atoms. The molecule has 2 aliphatic rings. The number of amides is 1. The van der Waals surface area contributed by atoms with Crippen LogP contribution < -0.4 is 15.4 Å². The number of carbonyl (C=O) groups is 1. The highest BCUT2D eigenvalue weighted by molar-refractivity contribution is 6.07. The van der Waals surface area contributed by atoms with E-state index >= 15 is 0 Å². The number of rotatable bonds is 7. The highest BCUT2D eigenvalue weighted by atomic mass is 16.6. The first-order chi connectivity index (χ1) is 13.4. The molecule has 0 saturated heterocycles. The predicted octanol–water partition coefficient (Wildman–Crippen LogP) is 3.36. The third-order valence-corrected chi connectivity index (χ3v) is 5.93. The van der Waals surface area contributed by atoms with Crippen molar-refractivity contribution < 1.29 is 14.5 Å². The molecule has 0 heterocycles. The standard InChI is InChI=1S/C20H24N4O4/c1-12(17-8-13-3-4-14(17)7-13)22-11-15(10-21)20(25)23-18-6-5-16(24(26)27)9-19(18)28-2/h5-6,9,11-14,17,22H,3-4,7-8H2,1-2H3,(H,23,25)/b15-11-. The van der Waals surface area contributed by atoms with E-state index in [1.54, 1.807) is 0 Å². The summed E-state index contributed by atoms with van der Waals surface area (Å²) in [6, 6.07) is 5.98. The smallest absolute Gasteiger partial charge is 0.273 e. The van der Waals surface area contributed by atoms with E-state index in [-0.39, 0.29) is 28.7 Å². The molecule has 2 aliphatic carbocycles. The van der Waals surface area contributed by atoms with Crippen LogP contribution in [0.15, 0.2) is 30.0 Å². The van der Waals surface area contributed by atoms with E-state index < -0.39 is 10.8 Å². The van der Waals surface area contributed by atoms with Crippen molar-refractivity contribution in [2.45, 2.75) is 38.6 Å². The molecule has 148 valence electrons. The summed E-state index contributed by atoms with van der Waals surface area (Å²) in [4.78, 5) is 22.8. The second kappa shape index (κ2) is 8.30. The first kappa shape index (κ1) is 19.7. The highest BCUT2D eigenvalue weighted by Crippen LogP contribution is 2.49. The molecular formula is C20H24N4O4. The van der Waals surface area contributed by atoms with E-state index in [2.05, 4.69) is 17.6 Å². The average Bonchev–Trinajstić information content (AvgIpc) is 3.32. The largest absolute Gasteiger partial charge is 0.494 e. The van der Waals surface area contributed by atoms with Crippen LogP contribution in [0.1, 0.15) is 32.6 Å². The molecule has 0 radical (unpaired) electrons. The maximum absolute atomic E-state index is 12.5. The lowest BCUT2D eigenvalue weighted by Gasteiger charge is -2.28. The fourth-order valence-electron chi connectivity index (χ4n) is 4.48. The molecule has 2 saturated carbocycles. The Kier molecular flexibility index (Phi) is 5.83. The van der Waals surface area contributed by atoms with Crippen LogP contribution in [-0.4, -0.2) is 24.0 Å². The maximum Gasteiger partial charge on any atom is 0.273 e. The van der Waals surface area contributed by atoms with E-state index in [0.717, 1.165) is 11.8 Å². The number of nitro benzene ring substituents is 1. The Balaban J connectivity index is 1.65. The SMILES string of the molecule is COc1cc([N+](=O)[O-])ccc1NC(=O)/C(C#N)=C\NC(C)C1CC2CCC1C2. The third-order valence-electron chi connectivity index (χ3n) is 5.93. The van der Waals surface area contributed by atoms with Gasteiger partial charge in [0.1, 0.15) is 17.4 Å². The Morgan fingerprint density at radius 3 is 2.79 bits per heavy atom. The van der Waals surface area contributed by atoms with Gasteiger partial charge in [-0.2, -0.15) is 5.26 Å². The Hall–Kier alpha value is -3.08. The Bertz CT molecular complexity index is 845. The Morgan fingerprint density at radius 2 is 2.21 bits per heavy atom. The molecule has 2 N–H and O–H groups in total. The summed E-state index contributed by atoms with van der Waals surface area (Å²) < 4.78 is 5.11. The third kappa shape index (κ3) is 4.09. The Morgan fingerprint density at radius 1 is 1.43 bits per heavy atom. The zero-order valence-electron chi connectivity index (χ0n) is 16.0. The summed E-state index contributed by atoms with van der Waals surface area (Å²) in [6.07, 6.45) is 6.57. The highest BCUT2D eigenvalue weighted by Gasteiger charge is 2.41. The quantitative estimate of drug-likeness (QED) is 0.322. The summed E-state index contributed by atoms with van der Waals surface area (Å²) in [5.41, 5.74) is 0.0584. The molecule has 0 aromatic heterocycles. The van der Waals surface area contributed by atoms with Crippen LogP contribution in [0.3, 0.4) is 0 Å². The number of methoxy groups -OCH3 is 1. The molecule has 0 spiro atoms. The minimum absolute atomic E-state index is 0.0598. The van der Waals surface area contributed by atoms with E-state index in [4.69, 9.17) is 4.74 Å². The van der Waals surface area contributed by atoms with Gasteiger partial charge >= 0.3 is 0 Å². The number of ether oxygens (including phenoxy) is 1. The number of carbonyl (C=O) groups excluding carboxylic acids is 1. The van der Waals surface area contributed by atoms with E-state index in [1.165, 1.54) is 57.2 Å². The number of nitriles is 1. The van der Waals surface area contributed by atoms with Crippen molar-refractivity contribution in [2.24, 2.45) is 17.8 Å². The number of nitrogens with zero attached hydrogens (tertiary/aromatic N) is 2. The monoisotopic (exact) mass is 384 g/mol. The van der Waals surface area contributed by atoms with Crippen LogP contribution in [0.25, 0.3) is 0 Å². The van der Waals surface area contributed by atoms with Gasteiger partial charge in [-0.25, -0.2) is 0 Å². The number of benzene rings is 1. The van der Waals surface area contributed by atoms with Gasteiger partial charge in [0.25, 0.3) is 11.6 Å². The van der Waals surface area contributed by atoms with Gasteiger partial charge in [-0.05, 0) is 50.0 Å². The number of hydrogen-bond donors (Lipinski definition) is 2. The summed E-state index contributed by atoms with van der Waals surface area (Å²) >= 11 is 0. The normalized spacial score (nSPS) is 24.3. The lowest BCUT2D eigenvalue weighted by Crippen LogP contribution is -2.34. The number of anilines is 1. The first-order valence-electron chi connectivity index (χ1n) is 9.43. The molecule has 3 rings (SSSR count). The van der Waals surface area contributed by atoms with Gasteiger partial charge in [-0.15, -0.1) is 0 Å². The van der Waals surface area contributed by atoms with Gasteiger partial charge in [0.2, 0.25) is 0 Å². The van der Waals surface area contributed by atoms with Crippen molar-refractivity contribution in [1.82, 2.24) is 5.32 Å². The topological polar surface area (TPSA) is 117 Å². The summed E-state index contributed by atoms with van der Waals surface area (Å²) in [5, 5.41) is 26.0. The molecule has 8 nitrogen and oxygen atoms in total. The molecule has 4 atom stereocenters. The van der Waals surface area contributed by atoms with Crippen molar-refractivity contribution in [3.8, 4) is 11.8 Å². The number of nitro groups is 1. The maximum atomic E-state index is 12.5. The minimum atomic E-state index is -0.595. The van der Waals surface area contributed by atoms with Crippen molar-refractivity contribution in [1.29, 1.82) is 5.26 Å². The fraction of sp³-hybridized carbons (Fsp3) is 0.500. The number of non-ortho nitro benzene ring substituents is 1. The van der Waals surface area contributed by atoms with Crippen molar-refractivity contribution in [3.05, 3.63) is 40.1 Å². The molecule has 4 unspecified atom stereocenters. The zero-order valence-corrected chi connectivity index (χ0v) is 16.0. The number of nitrogens with one attached hydrogen (secondary N) is 2. The van der Waals surface area contributed by atoms with Crippen LogP contribution >= 0.6 is 0 Å². The zero-order chi connectivity index (χ0) is 20.3. The van der Waals surface area contributed by atoms with E-state index in [1.807, 2.05) is 6.07 Å². The first-order valence-corrected chi connectivity index (χ1v) is 9.43. The van der Waals surface area contributed by atoms with Gasteiger partial charge in [0, 0.05) is 18.3 Å². The van der Waals surface area contributed by atoms with Crippen LogP contribution in [0.4, 0.5) is 11.4 Å². The molecule has 1 aromatic rings.